The average molecular weight is 274 g/mol. The average Bonchev–Trinajstić information content (AvgIpc) is 2.45. The van der Waals surface area contributed by atoms with Crippen molar-refractivity contribution in [2.24, 2.45) is 5.73 Å². The fraction of sp³-hybridized carbons (Fsp3) is 0.250. The van der Waals surface area contributed by atoms with Crippen LogP contribution in [0.3, 0.4) is 0 Å². The summed E-state index contributed by atoms with van der Waals surface area (Å²) in [6, 6.07) is 13.5. The van der Waals surface area contributed by atoms with Crippen molar-refractivity contribution in [3.05, 3.63) is 65.5 Å². The summed E-state index contributed by atoms with van der Waals surface area (Å²) in [5, 5.41) is 13.3. The molecular formula is C16H19FN2O. The fourth-order valence-corrected chi connectivity index (χ4v) is 2.14. The number of rotatable bonds is 5. The maximum atomic E-state index is 13.4. The maximum absolute atomic E-state index is 13.4. The topological polar surface area (TPSA) is 58.3 Å². The van der Waals surface area contributed by atoms with Gasteiger partial charge in [-0.25, -0.2) is 4.39 Å². The van der Waals surface area contributed by atoms with Gasteiger partial charge in [0, 0.05) is 12.2 Å². The first kappa shape index (κ1) is 14.5. The van der Waals surface area contributed by atoms with E-state index in [4.69, 9.17) is 5.73 Å². The van der Waals surface area contributed by atoms with Crippen LogP contribution in [-0.4, -0.2) is 17.8 Å². The Balaban J connectivity index is 2.31. The van der Waals surface area contributed by atoms with E-state index in [9.17, 15) is 9.50 Å². The summed E-state index contributed by atoms with van der Waals surface area (Å²) in [6.45, 7) is 2.07. The van der Waals surface area contributed by atoms with Gasteiger partial charge in [-0.3, -0.25) is 0 Å². The van der Waals surface area contributed by atoms with E-state index < -0.39 is 12.1 Å². The molecule has 4 N–H and O–H groups in total. The first-order valence-electron chi connectivity index (χ1n) is 6.57. The summed E-state index contributed by atoms with van der Waals surface area (Å²) in [5.74, 6) is -0.330. The van der Waals surface area contributed by atoms with Crippen LogP contribution in [0.25, 0.3) is 0 Å². The molecule has 20 heavy (non-hydrogen) atoms. The zero-order chi connectivity index (χ0) is 14.5. The van der Waals surface area contributed by atoms with Crippen LogP contribution in [-0.2, 0) is 0 Å². The quantitative estimate of drug-likeness (QED) is 0.785. The predicted octanol–water partition coefficient (Wildman–Crippen LogP) is 2.61. The predicted molar refractivity (Wildman–Crippen MR) is 79.0 cm³/mol. The normalized spacial score (nSPS) is 13.8. The van der Waals surface area contributed by atoms with Gasteiger partial charge in [-0.05, 0) is 36.2 Å². The van der Waals surface area contributed by atoms with E-state index in [-0.39, 0.29) is 12.4 Å². The summed E-state index contributed by atoms with van der Waals surface area (Å²) in [7, 11) is 0. The van der Waals surface area contributed by atoms with Crippen LogP contribution < -0.4 is 11.1 Å². The lowest BCUT2D eigenvalue weighted by molar-refractivity contribution is 0.160. The molecule has 0 aliphatic rings. The highest BCUT2D eigenvalue weighted by Gasteiger charge is 2.20. The molecule has 2 aromatic rings. The second-order valence-electron chi connectivity index (χ2n) is 4.79. The smallest absolute Gasteiger partial charge is 0.123 e. The first-order chi connectivity index (χ1) is 9.61. The summed E-state index contributed by atoms with van der Waals surface area (Å²) >= 11 is 0. The Kier molecular flexibility index (Phi) is 4.71. The molecule has 0 spiro atoms. The third kappa shape index (κ3) is 3.35. The summed E-state index contributed by atoms with van der Waals surface area (Å²) < 4.78 is 13.4. The summed E-state index contributed by atoms with van der Waals surface area (Å²) in [6.07, 6.45) is -0.795. The highest BCUT2D eigenvalue weighted by atomic mass is 19.1. The lowest BCUT2D eigenvalue weighted by Gasteiger charge is -2.25. The number of hydrogen-bond acceptors (Lipinski definition) is 3. The first-order valence-corrected chi connectivity index (χ1v) is 6.57. The van der Waals surface area contributed by atoms with Crippen molar-refractivity contribution in [3.8, 4) is 0 Å². The zero-order valence-corrected chi connectivity index (χ0v) is 11.4. The number of hydrogen-bond donors (Lipinski definition) is 3. The molecule has 0 heterocycles. The highest BCUT2D eigenvalue weighted by molar-refractivity contribution is 5.52. The van der Waals surface area contributed by atoms with Crippen LogP contribution in [0.15, 0.2) is 48.5 Å². The van der Waals surface area contributed by atoms with Crippen molar-refractivity contribution in [3.63, 3.8) is 0 Å². The van der Waals surface area contributed by atoms with Crippen molar-refractivity contribution in [1.82, 2.24) is 0 Å². The van der Waals surface area contributed by atoms with E-state index in [2.05, 4.69) is 5.32 Å². The number of nitrogens with one attached hydrogen (secondary N) is 1. The van der Waals surface area contributed by atoms with Crippen LogP contribution in [0.2, 0.25) is 0 Å². The second-order valence-corrected chi connectivity index (χ2v) is 4.79. The maximum Gasteiger partial charge on any atom is 0.123 e. The number of halogens is 1. The Morgan fingerprint density at radius 2 is 1.95 bits per heavy atom. The molecule has 2 rings (SSSR count). The number of aliphatic hydroxyl groups excluding tert-OH is 1. The molecule has 3 nitrogen and oxygen atoms in total. The van der Waals surface area contributed by atoms with Crippen LogP contribution in [0.4, 0.5) is 10.1 Å². The molecule has 0 saturated carbocycles. The molecule has 0 fully saturated rings. The SMILES string of the molecule is Cc1ccccc1N[C@@H](c1cccc(F)c1)[C@H](O)CN. The van der Waals surface area contributed by atoms with Crippen molar-refractivity contribution in [1.29, 1.82) is 0 Å². The van der Waals surface area contributed by atoms with Crippen molar-refractivity contribution < 1.29 is 9.50 Å². The molecule has 0 aliphatic carbocycles. The van der Waals surface area contributed by atoms with Gasteiger partial charge in [-0.1, -0.05) is 30.3 Å². The number of nitrogens with two attached hydrogens (primary N) is 1. The van der Waals surface area contributed by atoms with E-state index >= 15 is 0 Å². The molecule has 0 unspecified atom stereocenters. The van der Waals surface area contributed by atoms with Crippen molar-refractivity contribution in [2.75, 3.05) is 11.9 Å². The Bertz CT molecular complexity index is 574. The fourth-order valence-electron chi connectivity index (χ4n) is 2.14. The number of anilines is 1. The van der Waals surface area contributed by atoms with Gasteiger partial charge in [0.05, 0.1) is 12.1 Å². The molecule has 2 aromatic carbocycles. The van der Waals surface area contributed by atoms with Gasteiger partial charge in [0.2, 0.25) is 0 Å². The van der Waals surface area contributed by atoms with Gasteiger partial charge in [-0.2, -0.15) is 0 Å². The lowest BCUT2D eigenvalue weighted by atomic mass is 10.00. The van der Waals surface area contributed by atoms with Gasteiger partial charge in [0.1, 0.15) is 5.82 Å². The monoisotopic (exact) mass is 274 g/mol. The van der Waals surface area contributed by atoms with Gasteiger partial charge >= 0.3 is 0 Å². The number of para-hydroxylation sites is 1. The minimum absolute atomic E-state index is 0.0973. The molecule has 0 aromatic heterocycles. The summed E-state index contributed by atoms with van der Waals surface area (Å²) in [4.78, 5) is 0. The Morgan fingerprint density at radius 1 is 1.20 bits per heavy atom. The molecule has 2 atom stereocenters. The second kappa shape index (κ2) is 6.50. The van der Waals surface area contributed by atoms with Gasteiger partial charge in [0.15, 0.2) is 0 Å². The standard InChI is InChI=1S/C16H19FN2O/c1-11-5-2-3-8-14(11)19-16(15(20)10-18)12-6-4-7-13(17)9-12/h2-9,15-16,19-20H,10,18H2,1H3/t15-,16+/m1/s1. The van der Waals surface area contributed by atoms with E-state index in [1.807, 2.05) is 31.2 Å². The van der Waals surface area contributed by atoms with Gasteiger partial charge in [-0.15, -0.1) is 0 Å². The Morgan fingerprint density at radius 3 is 2.60 bits per heavy atom. The number of aliphatic hydroxyl groups is 1. The third-order valence-corrected chi connectivity index (χ3v) is 3.29. The van der Waals surface area contributed by atoms with Crippen molar-refractivity contribution >= 4 is 5.69 Å². The van der Waals surface area contributed by atoms with Gasteiger partial charge in [0.25, 0.3) is 0 Å². The molecule has 106 valence electrons. The van der Waals surface area contributed by atoms with Crippen molar-refractivity contribution in [2.45, 2.75) is 19.1 Å². The highest BCUT2D eigenvalue weighted by Crippen LogP contribution is 2.25. The molecule has 0 amide bonds. The number of benzene rings is 2. The Labute approximate surface area is 118 Å². The zero-order valence-electron chi connectivity index (χ0n) is 11.4. The minimum Gasteiger partial charge on any atom is -0.389 e. The number of aryl methyl sites for hydroxylation is 1. The van der Waals surface area contributed by atoms with Crippen LogP contribution in [0, 0.1) is 12.7 Å². The molecule has 4 heteroatoms. The van der Waals surface area contributed by atoms with Crippen LogP contribution in [0.1, 0.15) is 17.2 Å². The van der Waals surface area contributed by atoms with Crippen LogP contribution >= 0.6 is 0 Å². The molecule has 0 bridgehead atoms. The van der Waals surface area contributed by atoms with Gasteiger partial charge < -0.3 is 16.2 Å². The minimum atomic E-state index is -0.795. The van der Waals surface area contributed by atoms with E-state index in [1.165, 1.54) is 12.1 Å². The van der Waals surface area contributed by atoms with E-state index in [1.54, 1.807) is 12.1 Å². The third-order valence-electron chi connectivity index (χ3n) is 3.29. The molecule has 0 aliphatic heterocycles. The summed E-state index contributed by atoms with van der Waals surface area (Å²) in [5.41, 5.74) is 8.18. The largest absolute Gasteiger partial charge is 0.389 e. The molecule has 0 saturated heterocycles. The van der Waals surface area contributed by atoms with E-state index in [0.717, 1.165) is 11.3 Å². The van der Waals surface area contributed by atoms with Crippen LogP contribution in [0.5, 0.6) is 0 Å². The molecular weight excluding hydrogens is 255 g/mol. The Hall–Kier alpha value is -1.91. The lowest BCUT2D eigenvalue weighted by Crippen LogP contribution is -2.32. The molecule has 0 radical (unpaired) electrons. The van der Waals surface area contributed by atoms with E-state index in [0.29, 0.717) is 5.56 Å².